The lowest BCUT2D eigenvalue weighted by Crippen LogP contribution is -2.46. The maximum Gasteiger partial charge on any atom is 0.275 e. The van der Waals surface area contributed by atoms with Crippen LogP contribution < -0.4 is 0 Å². The Labute approximate surface area is 132 Å². The molecule has 2 N–H and O–H groups in total. The highest BCUT2D eigenvalue weighted by molar-refractivity contribution is 6.89. The Balaban J connectivity index is 4.31. The van der Waals surface area contributed by atoms with E-state index in [1.54, 1.807) is 0 Å². The van der Waals surface area contributed by atoms with Gasteiger partial charge in [0.15, 0.2) is 16.6 Å². The van der Waals surface area contributed by atoms with Crippen LogP contribution in [0, 0.1) is 0 Å². The molecule has 8 heteroatoms. The van der Waals surface area contributed by atoms with Crippen molar-refractivity contribution in [1.29, 1.82) is 0 Å². The Morgan fingerprint density at radius 3 is 2.33 bits per heavy atom. The van der Waals surface area contributed by atoms with Crippen molar-refractivity contribution in [3.8, 4) is 0 Å². The molecule has 0 aliphatic carbocycles. The van der Waals surface area contributed by atoms with Crippen LogP contribution in [0.5, 0.6) is 0 Å². The van der Waals surface area contributed by atoms with Gasteiger partial charge in [-0.05, 0) is 44.7 Å². The first-order valence-electron chi connectivity index (χ1n) is 7.70. The second kappa shape index (κ2) is 10.1. The standard InChI is InChI=1S/C13H32O5Si3/c1-6-19(16)12-21(5,18-20(2,3)4)9-7-8-17-11-13(15)10-14/h13-15H,6-12H2,1-5H3. The topological polar surface area (TPSA) is 76.0 Å². The van der Waals surface area contributed by atoms with Crippen molar-refractivity contribution in [3.63, 3.8) is 0 Å². The van der Waals surface area contributed by atoms with Gasteiger partial charge in [-0.2, -0.15) is 0 Å². The molecule has 21 heavy (non-hydrogen) atoms. The van der Waals surface area contributed by atoms with Crippen LogP contribution in [0.1, 0.15) is 13.3 Å². The van der Waals surface area contributed by atoms with Gasteiger partial charge in [-0.1, -0.05) is 6.92 Å². The quantitative estimate of drug-likeness (QED) is 0.416. The number of hydrogen-bond acceptors (Lipinski definition) is 5. The van der Waals surface area contributed by atoms with Gasteiger partial charge >= 0.3 is 0 Å². The van der Waals surface area contributed by atoms with Gasteiger partial charge in [0.2, 0.25) is 0 Å². The number of aliphatic hydroxyl groups excluding tert-OH is 2. The predicted molar refractivity (Wildman–Crippen MR) is 91.1 cm³/mol. The minimum Gasteiger partial charge on any atom is -0.455 e. The second-order valence-corrected chi connectivity index (χ2v) is 18.4. The summed E-state index contributed by atoms with van der Waals surface area (Å²) in [6.07, 6.45) is 0.0490. The van der Waals surface area contributed by atoms with E-state index >= 15 is 0 Å². The van der Waals surface area contributed by atoms with Crippen LogP contribution in [-0.2, 0) is 13.3 Å². The van der Waals surface area contributed by atoms with Crippen LogP contribution in [0.2, 0.25) is 43.9 Å². The van der Waals surface area contributed by atoms with Crippen molar-refractivity contribution in [2.45, 2.75) is 63.4 Å². The summed E-state index contributed by atoms with van der Waals surface area (Å²) in [5, 5.41) is 17.9. The number of hydrogen-bond donors (Lipinski definition) is 2. The maximum atomic E-state index is 12.0. The molecule has 0 saturated carbocycles. The molecule has 0 bridgehead atoms. The SMILES string of the molecule is CC[Si](=O)C[Si](C)(CCCOCC(O)CO)O[Si](C)(C)C. The van der Waals surface area contributed by atoms with Crippen molar-refractivity contribution in [2.24, 2.45) is 0 Å². The summed E-state index contributed by atoms with van der Waals surface area (Å²) in [6, 6.07) is 1.68. The third kappa shape index (κ3) is 11.5. The summed E-state index contributed by atoms with van der Waals surface area (Å²) in [7, 11) is -5.11. The molecule has 0 fully saturated rings. The molecule has 0 aromatic carbocycles. The molecule has 0 aliphatic heterocycles. The number of rotatable bonds is 12. The number of ether oxygens (including phenoxy) is 1. The zero-order chi connectivity index (χ0) is 16.5. The first-order chi connectivity index (χ1) is 9.62. The third-order valence-corrected chi connectivity index (χ3v) is 14.2. The summed E-state index contributed by atoms with van der Waals surface area (Å²) >= 11 is 0. The van der Waals surface area contributed by atoms with E-state index in [1.165, 1.54) is 0 Å². The lowest BCUT2D eigenvalue weighted by molar-refractivity contribution is 0.00639. The Hall–Kier alpha value is 0.291. The molecule has 2 atom stereocenters. The summed E-state index contributed by atoms with van der Waals surface area (Å²) in [4.78, 5) is 0. The van der Waals surface area contributed by atoms with E-state index in [1.807, 2.05) is 6.92 Å². The highest BCUT2D eigenvalue weighted by atomic mass is 28.4. The molecule has 0 saturated heterocycles. The molecule has 0 amide bonds. The molecule has 0 spiro atoms. The van der Waals surface area contributed by atoms with Crippen LogP contribution in [0.3, 0.4) is 0 Å². The lowest BCUT2D eigenvalue weighted by Gasteiger charge is -2.34. The minimum atomic E-state index is -1.95. The van der Waals surface area contributed by atoms with Gasteiger partial charge < -0.3 is 23.5 Å². The monoisotopic (exact) mass is 352 g/mol. The zero-order valence-electron chi connectivity index (χ0n) is 14.1. The Morgan fingerprint density at radius 2 is 1.86 bits per heavy atom. The molecule has 0 aromatic rings. The van der Waals surface area contributed by atoms with Crippen molar-refractivity contribution in [1.82, 2.24) is 0 Å². The van der Waals surface area contributed by atoms with Gasteiger partial charge in [0.1, 0.15) is 6.10 Å². The van der Waals surface area contributed by atoms with Crippen molar-refractivity contribution < 1.29 is 23.5 Å². The highest BCUT2D eigenvalue weighted by Crippen LogP contribution is 2.24. The predicted octanol–water partition coefficient (Wildman–Crippen LogP) is 2.15. The molecule has 5 nitrogen and oxygen atoms in total. The molecule has 0 aromatic heterocycles. The third-order valence-electron chi connectivity index (χ3n) is 3.03. The van der Waals surface area contributed by atoms with Gasteiger partial charge in [-0.25, -0.2) is 0 Å². The van der Waals surface area contributed by atoms with Crippen LogP contribution in [0.25, 0.3) is 0 Å². The molecule has 2 unspecified atom stereocenters. The van der Waals surface area contributed by atoms with Gasteiger partial charge in [-0.3, -0.25) is 0 Å². The smallest absolute Gasteiger partial charge is 0.275 e. The van der Waals surface area contributed by atoms with Gasteiger partial charge in [-0.15, -0.1) is 0 Å². The fourth-order valence-electron chi connectivity index (χ4n) is 2.28. The van der Waals surface area contributed by atoms with Crippen LogP contribution in [0.4, 0.5) is 0 Å². The van der Waals surface area contributed by atoms with Gasteiger partial charge in [0.25, 0.3) is 8.68 Å². The van der Waals surface area contributed by atoms with E-state index < -0.39 is 31.4 Å². The summed E-state index contributed by atoms with van der Waals surface area (Å²) in [5.41, 5.74) is 0.762. The maximum absolute atomic E-state index is 12.0. The summed E-state index contributed by atoms with van der Waals surface area (Å²) in [5.74, 6) is 0. The summed E-state index contributed by atoms with van der Waals surface area (Å²) < 4.78 is 23.7. The highest BCUT2D eigenvalue weighted by Gasteiger charge is 2.36. The van der Waals surface area contributed by atoms with Crippen LogP contribution in [0.15, 0.2) is 0 Å². The molecular weight excluding hydrogens is 320 g/mol. The van der Waals surface area contributed by atoms with Crippen molar-refractivity contribution in [2.75, 3.05) is 19.8 Å². The van der Waals surface area contributed by atoms with E-state index in [-0.39, 0.29) is 13.2 Å². The fourth-order valence-corrected chi connectivity index (χ4v) is 15.5. The Morgan fingerprint density at radius 1 is 1.24 bits per heavy atom. The molecule has 0 aliphatic rings. The first kappa shape index (κ1) is 21.3. The number of aliphatic hydroxyl groups is 2. The molecule has 0 heterocycles. The lowest BCUT2D eigenvalue weighted by atomic mass is 10.4. The molecule has 0 radical (unpaired) electrons. The average Bonchev–Trinajstić information content (AvgIpc) is 2.35. The zero-order valence-corrected chi connectivity index (χ0v) is 17.1. The molecule has 0 rings (SSSR count). The van der Waals surface area contributed by atoms with E-state index in [0.717, 1.165) is 24.2 Å². The average molecular weight is 353 g/mol. The first-order valence-corrected chi connectivity index (χ1v) is 15.8. The van der Waals surface area contributed by atoms with Crippen molar-refractivity contribution in [3.05, 3.63) is 0 Å². The summed E-state index contributed by atoms with van der Waals surface area (Å²) in [6.45, 7) is 11.1. The van der Waals surface area contributed by atoms with Gasteiger partial charge in [0, 0.05) is 12.3 Å². The second-order valence-electron chi connectivity index (χ2n) is 6.75. The largest absolute Gasteiger partial charge is 0.455 e. The minimum absolute atomic E-state index is 0.162. The van der Waals surface area contributed by atoms with Crippen molar-refractivity contribution >= 4 is 25.3 Å². The van der Waals surface area contributed by atoms with E-state index in [4.69, 9.17) is 14.0 Å². The fraction of sp³-hybridized carbons (Fsp3) is 1.00. The van der Waals surface area contributed by atoms with Crippen LogP contribution in [-0.4, -0.2) is 61.5 Å². The van der Waals surface area contributed by atoms with E-state index in [0.29, 0.717) is 6.61 Å². The van der Waals surface area contributed by atoms with Gasteiger partial charge in [0.05, 0.1) is 13.2 Å². The van der Waals surface area contributed by atoms with E-state index in [9.17, 15) is 9.57 Å². The normalized spacial score (nSPS) is 16.5. The van der Waals surface area contributed by atoms with E-state index in [2.05, 4.69) is 26.2 Å². The Bertz CT molecular complexity index is 309. The molecule has 126 valence electrons. The van der Waals surface area contributed by atoms with Crippen LogP contribution >= 0.6 is 0 Å². The molecular formula is C13H32O5Si3. The Kier molecular flexibility index (Phi) is 10.3.